The van der Waals surface area contributed by atoms with Crippen molar-refractivity contribution in [3.63, 3.8) is 0 Å². The standard InChI is InChI=1S/C27H54O3Si4/c1-13-34(12,29-32(8,9)27-17-23-15-25(27)21(5)19(23)3)30-33(10,11)28-31(6,7)26-16-22-14-24(26)20(4)18(22)2/h13,18-27H,1,14-17H2,2-12H3. The molecule has 0 N–H and O–H groups in total. The van der Waals surface area contributed by atoms with Crippen LogP contribution in [0.5, 0.6) is 0 Å². The molecule has 4 bridgehead atoms. The van der Waals surface area contributed by atoms with Gasteiger partial charge in [-0.3, -0.25) is 0 Å². The van der Waals surface area contributed by atoms with E-state index in [-0.39, 0.29) is 0 Å². The van der Waals surface area contributed by atoms with Crippen LogP contribution in [0.15, 0.2) is 12.3 Å². The van der Waals surface area contributed by atoms with Crippen LogP contribution in [-0.2, 0) is 12.3 Å². The Morgan fingerprint density at radius 3 is 1.35 bits per heavy atom. The molecule has 0 aromatic carbocycles. The van der Waals surface area contributed by atoms with Crippen molar-refractivity contribution in [3.05, 3.63) is 12.3 Å². The highest BCUT2D eigenvalue weighted by Gasteiger charge is 2.58. The summed E-state index contributed by atoms with van der Waals surface area (Å²) in [6.07, 6.45) is 5.60. The smallest absolute Gasteiger partial charge is 0.342 e. The van der Waals surface area contributed by atoms with Crippen LogP contribution in [0, 0.1) is 47.3 Å². The number of hydrogen-bond donors (Lipinski definition) is 0. The topological polar surface area (TPSA) is 27.7 Å². The fourth-order valence-corrected chi connectivity index (χ4v) is 30.2. The molecule has 0 radical (unpaired) electrons. The van der Waals surface area contributed by atoms with Gasteiger partial charge in [0.15, 0.2) is 16.6 Å². The van der Waals surface area contributed by atoms with Crippen LogP contribution in [-0.4, -0.2) is 33.8 Å². The third kappa shape index (κ3) is 4.85. The van der Waals surface area contributed by atoms with E-state index in [4.69, 9.17) is 12.3 Å². The minimum atomic E-state index is -2.52. The minimum absolute atomic E-state index is 0.758. The Kier molecular flexibility index (Phi) is 7.33. The van der Waals surface area contributed by atoms with Crippen molar-refractivity contribution < 1.29 is 12.3 Å². The van der Waals surface area contributed by atoms with E-state index < -0.39 is 33.8 Å². The lowest BCUT2D eigenvalue weighted by molar-refractivity contribution is 0.238. The van der Waals surface area contributed by atoms with E-state index in [0.717, 1.165) is 58.4 Å². The summed E-state index contributed by atoms with van der Waals surface area (Å²) in [5.74, 6) is 6.99. The van der Waals surface area contributed by atoms with Crippen molar-refractivity contribution in [2.75, 3.05) is 0 Å². The van der Waals surface area contributed by atoms with Crippen LogP contribution in [0.4, 0.5) is 0 Å². The maximum Gasteiger partial charge on any atom is 0.342 e. The zero-order chi connectivity index (χ0) is 25.4. The molecule has 3 nitrogen and oxygen atoms in total. The molecule has 196 valence electrons. The van der Waals surface area contributed by atoms with E-state index in [0.29, 0.717) is 0 Å². The number of fused-ring (bicyclic) bond motifs is 4. The van der Waals surface area contributed by atoms with Crippen molar-refractivity contribution in [2.45, 2.75) is 110 Å². The van der Waals surface area contributed by atoms with Gasteiger partial charge in [0.25, 0.3) is 0 Å². The molecular formula is C27H54O3Si4. The largest absolute Gasteiger partial charge is 0.436 e. The van der Waals surface area contributed by atoms with Gasteiger partial charge in [-0.1, -0.05) is 33.4 Å². The summed E-state index contributed by atoms with van der Waals surface area (Å²) < 4.78 is 21.3. The molecule has 11 atom stereocenters. The van der Waals surface area contributed by atoms with Gasteiger partial charge in [-0.15, -0.1) is 6.58 Å². The normalized spacial score (nSPS) is 44.0. The van der Waals surface area contributed by atoms with Gasteiger partial charge in [0.05, 0.1) is 0 Å². The molecule has 4 aliphatic rings. The SMILES string of the molecule is C=C[Si](C)(O[Si](C)(C)O[Si](C)(C)C1CC2CC1C(C)C2C)O[Si](C)(C)C1CC2CC1C(C)C2C. The summed E-state index contributed by atoms with van der Waals surface area (Å²) in [6.45, 7) is 30.8. The van der Waals surface area contributed by atoms with E-state index in [2.05, 4.69) is 85.8 Å². The Labute approximate surface area is 215 Å². The quantitative estimate of drug-likeness (QED) is 0.276. The summed E-state index contributed by atoms with van der Waals surface area (Å²) in [5, 5.41) is 0. The molecular weight excluding hydrogens is 485 g/mol. The van der Waals surface area contributed by atoms with Crippen molar-refractivity contribution >= 4 is 33.8 Å². The zero-order valence-electron chi connectivity index (χ0n) is 24.1. The van der Waals surface area contributed by atoms with E-state index >= 15 is 0 Å². The second-order valence-electron chi connectivity index (χ2n) is 14.6. The molecule has 7 heteroatoms. The van der Waals surface area contributed by atoms with Crippen LogP contribution in [0.3, 0.4) is 0 Å². The van der Waals surface area contributed by atoms with Gasteiger partial charge in [0, 0.05) is 0 Å². The molecule has 4 fully saturated rings. The van der Waals surface area contributed by atoms with Gasteiger partial charge >= 0.3 is 17.1 Å². The van der Waals surface area contributed by atoms with Crippen LogP contribution < -0.4 is 0 Å². The summed E-state index contributed by atoms with van der Waals surface area (Å²) >= 11 is 0. The van der Waals surface area contributed by atoms with E-state index in [1.807, 2.05) is 0 Å². The van der Waals surface area contributed by atoms with Gasteiger partial charge in [-0.2, -0.15) is 0 Å². The summed E-state index contributed by atoms with van der Waals surface area (Å²) in [5.41, 5.74) is 3.59. The van der Waals surface area contributed by atoms with Crippen LogP contribution >= 0.6 is 0 Å². The van der Waals surface area contributed by atoms with Gasteiger partial charge in [-0.25, -0.2) is 0 Å². The predicted molar refractivity (Wildman–Crippen MR) is 154 cm³/mol. The van der Waals surface area contributed by atoms with E-state index in [1.54, 1.807) is 0 Å². The molecule has 4 rings (SSSR count). The molecule has 34 heavy (non-hydrogen) atoms. The Morgan fingerprint density at radius 2 is 1.00 bits per heavy atom. The summed E-state index contributed by atoms with van der Waals surface area (Å²) in [7, 11) is -8.68. The molecule has 0 saturated heterocycles. The highest BCUT2D eigenvalue weighted by molar-refractivity contribution is 6.92. The van der Waals surface area contributed by atoms with Crippen molar-refractivity contribution in [3.8, 4) is 0 Å². The molecule has 0 aromatic rings. The van der Waals surface area contributed by atoms with Crippen molar-refractivity contribution in [1.29, 1.82) is 0 Å². The summed E-state index contributed by atoms with van der Waals surface area (Å²) in [6, 6.07) is 0. The average molecular weight is 539 g/mol. The first-order valence-corrected chi connectivity index (χ1v) is 25.4. The van der Waals surface area contributed by atoms with E-state index in [9.17, 15) is 0 Å². The Balaban J connectivity index is 1.43. The average Bonchev–Trinajstić information content (AvgIpc) is 3.44. The third-order valence-electron chi connectivity index (χ3n) is 11.4. The maximum atomic E-state index is 7.16. The zero-order valence-corrected chi connectivity index (χ0v) is 28.1. The number of rotatable bonds is 9. The lowest BCUT2D eigenvalue weighted by Crippen LogP contribution is -2.59. The number of hydrogen-bond acceptors (Lipinski definition) is 3. The van der Waals surface area contributed by atoms with E-state index in [1.165, 1.54) is 25.7 Å². The highest BCUT2D eigenvalue weighted by Crippen LogP contribution is 2.62. The van der Waals surface area contributed by atoms with Crippen LogP contribution in [0.1, 0.15) is 53.4 Å². The highest BCUT2D eigenvalue weighted by atomic mass is 28.5. The fraction of sp³-hybridized carbons (Fsp3) is 0.926. The van der Waals surface area contributed by atoms with Crippen molar-refractivity contribution in [1.82, 2.24) is 0 Å². The minimum Gasteiger partial charge on any atom is -0.436 e. The van der Waals surface area contributed by atoms with Gasteiger partial charge < -0.3 is 12.3 Å². The molecule has 0 spiro atoms. The molecule has 4 saturated carbocycles. The first-order chi connectivity index (χ1) is 15.5. The predicted octanol–water partition coefficient (Wildman–Crippen LogP) is 8.31. The lowest BCUT2D eigenvalue weighted by atomic mass is 9.81. The van der Waals surface area contributed by atoms with Crippen LogP contribution in [0.25, 0.3) is 0 Å². The van der Waals surface area contributed by atoms with Gasteiger partial charge in [0.2, 0.25) is 0 Å². The molecule has 0 heterocycles. The second-order valence-corrected chi connectivity index (χ2v) is 30.2. The molecule has 4 aliphatic carbocycles. The van der Waals surface area contributed by atoms with Crippen molar-refractivity contribution in [2.24, 2.45) is 47.3 Å². The molecule has 0 amide bonds. The fourth-order valence-electron chi connectivity index (χ4n) is 9.40. The van der Waals surface area contributed by atoms with Gasteiger partial charge in [0.1, 0.15) is 0 Å². The van der Waals surface area contributed by atoms with Crippen LogP contribution in [0.2, 0.25) is 56.9 Å². The first-order valence-electron chi connectivity index (χ1n) is 14.2. The Morgan fingerprint density at radius 1 is 0.588 bits per heavy atom. The lowest BCUT2D eigenvalue weighted by Gasteiger charge is -2.47. The Hall–Kier alpha value is 0.488. The molecule has 11 unspecified atom stereocenters. The molecule has 0 aromatic heterocycles. The second kappa shape index (κ2) is 9.05. The first kappa shape index (κ1) is 27.5. The third-order valence-corrected chi connectivity index (χ3v) is 28.4. The Bertz CT molecular complexity index is 782. The maximum absolute atomic E-state index is 7.16. The monoisotopic (exact) mass is 538 g/mol. The van der Waals surface area contributed by atoms with Gasteiger partial charge in [-0.05, 0) is 130 Å². The summed E-state index contributed by atoms with van der Waals surface area (Å²) in [4.78, 5) is 0. The molecule has 0 aliphatic heterocycles.